The Morgan fingerprint density at radius 3 is 2.50 bits per heavy atom. The van der Waals surface area contributed by atoms with Crippen LogP contribution >= 0.6 is 12.6 Å². The van der Waals surface area contributed by atoms with E-state index < -0.39 is 0 Å². The van der Waals surface area contributed by atoms with Gasteiger partial charge in [0.1, 0.15) is 5.82 Å². The summed E-state index contributed by atoms with van der Waals surface area (Å²) in [5.41, 5.74) is 0.961. The summed E-state index contributed by atoms with van der Waals surface area (Å²) in [4.78, 5) is 2.05. The zero-order valence-electron chi connectivity index (χ0n) is 11.0. The molecule has 1 aliphatic rings. The number of anilines is 1. The molecule has 0 saturated heterocycles. The van der Waals surface area contributed by atoms with Crippen molar-refractivity contribution in [3.63, 3.8) is 0 Å². The number of hydrogen-bond acceptors (Lipinski definition) is 2. The van der Waals surface area contributed by atoms with Crippen LogP contribution in [-0.4, -0.2) is 19.3 Å². The first-order valence-electron chi connectivity index (χ1n) is 6.73. The van der Waals surface area contributed by atoms with Crippen molar-refractivity contribution in [2.75, 3.05) is 24.2 Å². The van der Waals surface area contributed by atoms with E-state index in [1.54, 1.807) is 6.07 Å². The van der Waals surface area contributed by atoms with E-state index in [0.29, 0.717) is 5.69 Å². The molecule has 1 aliphatic carbocycles. The Morgan fingerprint density at radius 2 is 1.89 bits per heavy atom. The van der Waals surface area contributed by atoms with Crippen LogP contribution in [0.15, 0.2) is 24.3 Å². The molecule has 18 heavy (non-hydrogen) atoms. The molecular formula is C15H22FNS. The van der Waals surface area contributed by atoms with E-state index in [2.05, 4.69) is 17.5 Å². The maximum absolute atomic E-state index is 13.8. The highest BCUT2D eigenvalue weighted by Crippen LogP contribution is 2.38. The number of thiol groups is 1. The van der Waals surface area contributed by atoms with Crippen LogP contribution in [-0.2, 0) is 0 Å². The fourth-order valence-corrected chi connectivity index (χ4v) is 3.43. The summed E-state index contributed by atoms with van der Waals surface area (Å²) in [7, 11) is 1.98. The third-order valence-corrected chi connectivity index (χ3v) is 4.76. The fourth-order valence-electron chi connectivity index (χ4n) is 3.02. The second kappa shape index (κ2) is 5.96. The highest BCUT2D eigenvalue weighted by Gasteiger charge is 2.32. The molecule has 3 heteroatoms. The summed E-state index contributed by atoms with van der Waals surface area (Å²) in [6, 6.07) is 7.01. The van der Waals surface area contributed by atoms with E-state index in [1.807, 2.05) is 19.2 Å². The van der Waals surface area contributed by atoms with Crippen LogP contribution in [0.1, 0.15) is 32.1 Å². The van der Waals surface area contributed by atoms with E-state index in [0.717, 1.165) is 12.3 Å². The van der Waals surface area contributed by atoms with E-state index in [1.165, 1.54) is 38.2 Å². The van der Waals surface area contributed by atoms with Crippen molar-refractivity contribution < 1.29 is 4.39 Å². The van der Waals surface area contributed by atoms with Gasteiger partial charge >= 0.3 is 0 Å². The number of benzene rings is 1. The molecule has 0 bridgehead atoms. The van der Waals surface area contributed by atoms with Gasteiger partial charge in [-0.25, -0.2) is 4.39 Å². The summed E-state index contributed by atoms with van der Waals surface area (Å²) in [6.07, 6.45) is 6.33. The minimum atomic E-state index is -0.134. The molecule has 0 unspecified atom stereocenters. The molecular weight excluding hydrogens is 245 g/mol. The molecule has 0 atom stereocenters. The summed E-state index contributed by atoms with van der Waals surface area (Å²) < 4.78 is 13.8. The second-order valence-electron chi connectivity index (χ2n) is 5.53. The molecule has 0 heterocycles. The van der Waals surface area contributed by atoms with Gasteiger partial charge in [-0.05, 0) is 36.1 Å². The predicted molar refractivity (Wildman–Crippen MR) is 79.0 cm³/mol. The van der Waals surface area contributed by atoms with Gasteiger partial charge in [-0.3, -0.25) is 0 Å². The molecule has 0 aliphatic heterocycles. The van der Waals surface area contributed by atoms with Crippen molar-refractivity contribution in [2.24, 2.45) is 5.41 Å². The molecule has 1 aromatic carbocycles. The lowest BCUT2D eigenvalue weighted by Crippen LogP contribution is -2.39. The first kappa shape index (κ1) is 13.7. The number of rotatable bonds is 4. The van der Waals surface area contributed by atoms with E-state index in [9.17, 15) is 4.39 Å². The highest BCUT2D eigenvalue weighted by molar-refractivity contribution is 7.80. The third kappa shape index (κ3) is 3.00. The third-order valence-electron chi connectivity index (χ3n) is 4.09. The summed E-state index contributed by atoms with van der Waals surface area (Å²) >= 11 is 4.54. The smallest absolute Gasteiger partial charge is 0.146 e. The monoisotopic (exact) mass is 267 g/mol. The SMILES string of the molecule is CN(CC1(CS)CCCCC1)c1ccccc1F. The Kier molecular flexibility index (Phi) is 4.55. The quantitative estimate of drug-likeness (QED) is 0.802. The lowest BCUT2D eigenvalue weighted by atomic mass is 9.75. The van der Waals surface area contributed by atoms with Crippen molar-refractivity contribution >= 4 is 18.3 Å². The second-order valence-corrected chi connectivity index (χ2v) is 5.84. The standard InChI is InChI=1S/C15H22FNS/c1-17(14-8-4-3-7-13(14)16)11-15(12-18)9-5-2-6-10-15/h3-4,7-8,18H,2,5-6,9-12H2,1H3. The van der Waals surface area contributed by atoms with Gasteiger partial charge in [-0.15, -0.1) is 0 Å². The Hall–Kier alpha value is -0.700. The summed E-state index contributed by atoms with van der Waals surface area (Å²) in [5, 5.41) is 0. The van der Waals surface area contributed by atoms with Gasteiger partial charge in [0.25, 0.3) is 0 Å². The molecule has 1 nitrogen and oxygen atoms in total. The van der Waals surface area contributed by atoms with Crippen LogP contribution in [0, 0.1) is 11.2 Å². The highest BCUT2D eigenvalue weighted by atomic mass is 32.1. The molecule has 1 aromatic rings. The van der Waals surface area contributed by atoms with Crippen molar-refractivity contribution in [3.8, 4) is 0 Å². The van der Waals surface area contributed by atoms with Crippen LogP contribution in [0.25, 0.3) is 0 Å². The summed E-state index contributed by atoms with van der Waals surface area (Å²) in [6.45, 7) is 0.900. The van der Waals surface area contributed by atoms with Crippen LogP contribution in [0.5, 0.6) is 0 Å². The van der Waals surface area contributed by atoms with E-state index in [4.69, 9.17) is 0 Å². The number of nitrogens with zero attached hydrogens (tertiary/aromatic N) is 1. The zero-order valence-corrected chi connectivity index (χ0v) is 11.9. The number of para-hydroxylation sites is 1. The van der Waals surface area contributed by atoms with E-state index in [-0.39, 0.29) is 11.2 Å². The molecule has 100 valence electrons. The molecule has 0 amide bonds. The van der Waals surface area contributed by atoms with E-state index >= 15 is 0 Å². The van der Waals surface area contributed by atoms with Gasteiger partial charge in [0.2, 0.25) is 0 Å². The molecule has 2 rings (SSSR count). The molecule has 0 spiro atoms. The van der Waals surface area contributed by atoms with Crippen LogP contribution in [0.2, 0.25) is 0 Å². The Bertz CT molecular complexity index is 388. The normalized spacial score (nSPS) is 18.6. The molecule has 0 N–H and O–H groups in total. The average molecular weight is 267 g/mol. The first-order chi connectivity index (χ1) is 8.67. The van der Waals surface area contributed by atoms with Crippen molar-refractivity contribution in [2.45, 2.75) is 32.1 Å². The van der Waals surface area contributed by atoms with Crippen molar-refractivity contribution in [1.29, 1.82) is 0 Å². The zero-order chi connectivity index (χ0) is 13.0. The van der Waals surface area contributed by atoms with Crippen LogP contribution in [0.3, 0.4) is 0 Å². The predicted octanol–water partition coefficient (Wildman–Crippen LogP) is 4.14. The lowest BCUT2D eigenvalue weighted by molar-refractivity contribution is 0.230. The van der Waals surface area contributed by atoms with Crippen molar-refractivity contribution in [3.05, 3.63) is 30.1 Å². The number of halogens is 1. The maximum atomic E-state index is 13.8. The van der Waals surface area contributed by atoms with Gasteiger partial charge in [-0.2, -0.15) is 12.6 Å². The van der Waals surface area contributed by atoms with Gasteiger partial charge < -0.3 is 4.90 Å². The Labute approximate surface area is 115 Å². The van der Waals surface area contributed by atoms with Crippen LogP contribution < -0.4 is 4.90 Å². The summed E-state index contributed by atoms with van der Waals surface area (Å²) in [5.74, 6) is 0.760. The molecule has 1 fully saturated rings. The first-order valence-corrected chi connectivity index (χ1v) is 7.37. The molecule has 0 aromatic heterocycles. The minimum Gasteiger partial charge on any atom is -0.372 e. The maximum Gasteiger partial charge on any atom is 0.146 e. The van der Waals surface area contributed by atoms with Gasteiger partial charge in [0, 0.05) is 13.6 Å². The topological polar surface area (TPSA) is 3.24 Å². The van der Waals surface area contributed by atoms with Gasteiger partial charge in [-0.1, -0.05) is 31.4 Å². The largest absolute Gasteiger partial charge is 0.372 e. The van der Waals surface area contributed by atoms with Gasteiger partial charge in [0.15, 0.2) is 0 Å². The van der Waals surface area contributed by atoms with Crippen LogP contribution in [0.4, 0.5) is 10.1 Å². The minimum absolute atomic E-state index is 0.134. The fraction of sp³-hybridized carbons (Fsp3) is 0.600. The lowest BCUT2D eigenvalue weighted by Gasteiger charge is -2.39. The van der Waals surface area contributed by atoms with Crippen molar-refractivity contribution in [1.82, 2.24) is 0 Å². The number of hydrogen-bond donors (Lipinski definition) is 1. The molecule has 0 radical (unpaired) electrons. The Balaban J connectivity index is 2.10. The Morgan fingerprint density at radius 1 is 1.22 bits per heavy atom. The molecule has 1 saturated carbocycles. The average Bonchev–Trinajstić information content (AvgIpc) is 2.40. The van der Waals surface area contributed by atoms with Gasteiger partial charge in [0.05, 0.1) is 5.69 Å².